The van der Waals surface area contributed by atoms with E-state index < -0.39 is 0 Å². The summed E-state index contributed by atoms with van der Waals surface area (Å²) in [5.41, 5.74) is 1.06. The number of hydrogen-bond donors (Lipinski definition) is 1. The van der Waals surface area contributed by atoms with E-state index in [-0.39, 0.29) is 0 Å². The van der Waals surface area contributed by atoms with Crippen LogP contribution < -0.4 is 15.1 Å². The molecule has 0 spiro atoms. The van der Waals surface area contributed by atoms with Gasteiger partial charge in [0, 0.05) is 39.3 Å². The first-order valence-corrected chi connectivity index (χ1v) is 8.33. The van der Waals surface area contributed by atoms with E-state index in [1.165, 1.54) is 4.70 Å². The molecule has 6 nitrogen and oxygen atoms in total. The number of thiophene rings is 1. The molecule has 4 rings (SSSR count). The number of fused-ring (bicyclic) bond motifs is 1. The normalized spacial score (nSPS) is 20.2. The predicted molar refractivity (Wildman–Crippen MR) is 85.5 cm³/mol. The van der Waals surface area contributed by atoms with Crippen molar-refractivity contribution in [2.24, 2.45) is 0 Å². The van der Waals surface area contributed by atoms with Crippen molar-refractivity contribution < 1.29 is 4.74 Å². The summed E-state index contributed by atoms with van der Waals surface area (Å²) in [6.07, 6.45) is 0. The van der Waals surface area contributed by atoms with Crippen LogP contribution in [0.25, 0.3) is 10.2 Å². The molecule has 0 aromatic carbocycles. The quantitative estimate of drug-likeness (QED) is 0.891. The summed E-state index contributed by atoms with van der Waals surface area (Å²) >= 11 is 1.72. The topological polar surface area (TPSA) is 53.5 Å². The van der Waals surface area contributed by atoms with Gasteiger partial charge >= 0.3 is 0 Å². The van der Waals surface area contributed by atoms with Gasteiger partial charge in [-0.25, -0.2) is 4.98 Å². The Hall–Kier alpha value is -1.44. The Labute approximate surface area is 127 Å². The van der Waals surface area contributed by atoms with Crippen molar-refractivity contribution in [3.8, 4) is 0 Å². The third-order valence-corrected chi connectivity index (χ3v) is 4.88. The Balaban J connectivity index is 1.74. The maximum atomic E-state index is 5.46. The number of ether oxygens (including phenoxy) is 1. The number of nitrogens with zero attached hydrogens (tertiary/aromatic N) is 4. The van der Waals surface area contributed by atoms with Gasteiger partial charge in [-0.15, -0.1) is 11.3 Å². The summed E-state index contributed by atoms with van der Waals surface area (Å²) in [5, 5.41) is 5.47. The van der Waals surface area contributed by atoms with Crippen LogP contribution in [0.3, 0.4) is 0 Å². The first-order valence-electron chi connectivity index (χ1n) is 7.45. The van der Waals surface area contributed by atoms with E-state index in [0.29, 0.717) is 0 Å². The lowest BCUT2D eigenvalue weighted by atomic mass is 10.3. The molecule has 21 heavy (non-hydrogen) atoms. The summed E-state index contributed by atoms with van der Waals surface area (Å²) in [4.78, 5) is 14.2. The molecule has 2 saturated heterocycles. The van der Waals surface area contributed by atoms with Gasteiger partial charge in [-0.05, 0) is 11.4 Å². The third kappa shape index (κ3) is 2.56. The molecule has 0 bridgehead atoms. The van der Waals surface area contributed by atoms with Gasteiger partial charge in [0.05, 0.1) is 23.4 Å². The second-order valence-corrected chi connectivity index (χ2v) is 6.23. The van der Waals surface area contributed by atoms with Crippen molar-refractivity contribution in [2.45, 2.75) is 0 Å². The van der Waals surface area contributed by atoms with Crippen LogP contribution >= 0.6 is 11.3 Å². The molecule has 4 heterocycles. The van der Waals surface area contributed by atoms with Crippen LogP contribution in [0.2, 0.25) is 0 Å². The van der Waals surface area contributed by atoms with Gasteiger partial charge in [0.2, 0.25) is 5.95 Å². The highest BCUT2D eigenvalue weighted by atomic mass is 32.1. The molecule has 0 radical (unpaired) electrons. The largest absolute Gasteiger partial charge is 0.378 e. The zero-order valence-electron chi connectivity index (χ0n) is 11.9. The molecule has 0 saturated carbocycles. The summed E-state index contributed by atoms with van der Waals surface area (Å²) in [7, 11) is 0. The zero-order valence-corrected chi connectivity index (χ0v) is 12.7. The van der Waals surface area contributed by atoms with Crippen LogP contribution in [0.4, 0.5) is 11.8 Å². The van der Waals surface area contributed by atoms with Gasteiger partial charge < -0.3 is 19.9 Å². The molecule has 0 atom stereocenters. The summed E-state index contributed by atoms with van der Waals surface area (Å²) in [6, 6.07) is 2.09. The van der Waals surface area contributed by atoms with Gasteiger partial charge in [0.25, 0.3) is 0 Å². The Kier molecular flexibility index (Phi) is 3.62. The smallest absolute Gasteiger partial charge is 0.228 e. The molecule has 2 aromatic rings. The van der Waals surface area contributed by atoms with Gasteiger partial charge in [-0.2, -0.15) is 4.98 Å². The summed E-state index contributed by atoms with van der Waals surface area (Å²) < 4.78 is 6.65. The lowest BCUT2D eigenvalue weighted by Gasteiger charge is -2.31. The van der Waals surface area contributed by atoms with Crippen LogP contribution in [0.5, 0.6) is 0 Å². The van der Waals surface area contributed by atoms with Crippen molar-refractivity contribution >= 4 is 33.3 Å². The zero-order chi connectivity index (χ0) is 14.1. The maximum Gasteiger partial charge on any atom is 0.228 e. The summed E-state index contributed by atoms with van der Waals surface area (Å²) in [6.45, 7) is 7.31. The van der Waals surface area contributed by atoms with E-state index in [9.17, 15) is 0 Å². The molecule has 2 aromatic heterocycles. The molecular formula is C14H19N5OS. The molecule has 2 aliphatic heterocycles. The molecule has 7 heteroatoms. The van der Waals surface area contributed by atoms with E-state index in [0.717, 1.165) is 69.8 Å². The first kappa shape index (κ1) is 13.2. The molecule has 0 aliphatic carbocycles. The number of aromatic nitrogens is 2. The minimum absolute atomic E-state index is 0.778. The Morgan fingerprint density at radius 2 is 1.86 bits per heavy atom. The number of morpholine rings is 1. The van der Waals surface area contributed by atoms with E-state index >= 15 is 0 Å². The number of rotatable bonds is 2. The average molecular weight is 305 g/mol. The van der Waals surface area contributed by atoms with E-state index in [1.807, 2.05) is 0 Å². The molecule has 2 fully saturated rings. The lowest BCUT2D eigenvalue weighted by molar-refractivity contribution is 0.122. The molecule has 2 aliphatic rings. The van der Waals surface area contributed by atoms with Crippen molar-refractivity contribution in [3.05, 3.63) is 11.4 Å². The maximum absolute atomic E-state index is 5.46. The van der Waals surface area contributed by atoms with Crippen LogP contribution in [-0.2, 0) is 4.74 Å². The SMILES string of the molecule is c1cc2nc(N3CCNCC3)nc(N3CCOCC3)c2s1. The standard InChI is InChI=1S/C14H19N5OS/c1-10-21-12-11(1)16-14(19-4-2-15-3-5-19)17-13(12)18-6-8-20-9-7-18/h1,10,15H,2-9H2. The highest BCUT2D eigenvalue weighted by Gasteiger charge is 2.21. The van der Waals surface area contributed by atoms with Crippen molar-refractivity contribution in [1.82, 2.24) is 15.3 Å². The lowest BCUT2D eigenvalue weighted by Crippen LogP contribution is -2.44. The molecule has 0 amide bonds. The fraction of sp³-hybridized carbons (Fsp3) is 0.571. The number of hydrogen-bond acceptors (Lipinski definition) is 7. The monoisotopic (exact) mass is 305 g/mol. The Bertz CT molecular complexity index is 619. The van der Waals surface area contributed by atoms with Gasteiger partial charge in [0.15, 0.2) is 5.82 Å². The molecule has 112 valence electrons. The average Bonchev–Trinajstić information content (AvgIpc) is 3.04. The highest BCUT2D eigenvalue weighted by molar-refractivity contribution is 7.17. The minimum atomic E-state index is 0.778. The number of piperazine rings is 1. The van der Waals surface area contributed by atoms with Crippen molar-refractivity contribution in [2.75, 3.05) is 62.3 Å². The van der Waals surface area contributed by atoms with Crippen LogP contribution in [0.1, 0.15) is 0 Å². The predicted octanol–water partition coefficient (Wildman–Crippen LogP) is 0.937. The Morgan fingerprint density at radius 1 is 1.05 bits per heavy atom. The highest BCUT2D eigenvalue weighted by Crippen LogP contribution is 2.31. The van der Waals surface area contributed by atoms with Crippen molar-refractivity contribution in [3.63, 3.8) is 0 Å². The second kappa shape index (κ2) is 5.75. The van der Waals surface area contributed by atoms with E-state index in [1.54, 1.807) is 11.3 Å². The molecular weight excluding hydrogens is 286 g/mol. The number of nitrogens with one attached hydrogen (secondary N) is 1. The van der Waals surface area contributed by atoms with Gasteiger partial charge in [0.1, 0.15) is 0 Å². The van der Waals surface area contributed by atoms with Crippen LogP contribution in [0.15, 0.2) is 11.4 Å². The molecule has 0 unspecified atom stereocenters. The van der Waals surface area contributed by atoms with E-state index in [4.69, 9.17) is 14.7 Å². The van der Waals surface area contributed by atoms with Gasteiger partial charge in [-0.1, -0.05) is 0 Å². The fourth-order valence-electron chi connectivity index (χ4n) is 2.83. The fourth-order valence-corrected chi connectivity index (χ4v) is 3.68. The van der Waals surface area contributed by atoms with Gasteiger partial charge in [-0.3, -0.25) is 0 Å². The summed E-state index contributed by atoms with van der Waals surface area (Å²) in [5.74, 6) is 1.94. The molecule has 1 N–H and O–H groups in total. The van der Waals surface area contributed by atoms with Crippen molar-refractivity contribution in [1.29, 1.82) is 0 Å². The number of anilines is 2. The third-order valence-electron chi connectivity index (χ3n) is 3.98. The minimum Gasteiger partial charge on any atom is -0.378 e. The van der Waals surface area contributed by atoms with Crippen LogP contribution in [0, 0.1) is 0 Å². The Morgan fingerprint density at radius 3 is 2.67 bits per heavy atom. The second-order valence-electron chi connectivity index (χ2n) is 5.32. The van der Waals surface area contributed by atoms with Crippen LogP contribution in [-0.4, -0.2) is 62.5 Å². The van der Waals surface area contributed by atoms with E-state index in [2.05, 4.69) is 26.6 Å². The first-order chi connectivity index (χ1) is 10.4.